The Bertz CT molecular complexity index is 628. The number of thioether (sulfide) groups is 1. The SMILES string of the molecule is CCS(=O)(=O)C1CSCCN1c1c(F)c(F)nc(F)c1F. The molecule has 0 radical (unpaired) electrons. The second kappa shape index (κ2) is 5.99. The topological polar surface area (TPSA) is 50.3 Å². The van der Waals surface area contributed by atoms with Crippen LogP contribution in [0.2, 0.25) is 0 Å². The summed E-state index contributed by atoms with van der Waals surface area (Å²) in [5, 5.41) is -1.23. The molecule has 0 N–H and O–H groups in total. The van der Waals surface area contributed by atoms with Gasteiger partial charge in [-0.1, -0.05) is 6.92 Å². The zero-order valence-corrected chi connectivity index (χ0v) is 12.6. The minimum Gasteiger partial charge on any atom is -0.348 e. The molecule has 0 saturated carbocycles. The smallest absolute Gasteiger partial charge is 0.253 e. The molecule has 1 aliphatic heterocycles. The number of hydrogen-bond donors (Lipinski definition) is 0. The Balaban J connectivity index is 2.58. The van der Waals surface area contributed by atoms with Crippen LogP contribution in [0.5, 0.6) is 0 Å². The van der Waals surface area contributed by atoms with Crippen molar-refractivity contribution in [1.29, 1.82) is 0 Å². The van der Waals surface area contributed by atoms with E-state index in [1.54, 1.807) is 0 Å². The second-order valence-electron chi connectivity index (χ2n) is 4.34. The van der Waals surface area contributed by atoms with Crippen molar-refractivity contribution in [3.63, 3.8) is 0 Å². The highest BCUT2D eigenvalue weighted by atomic mass is 32.2. The Morgan fingerprint density at radius 1 is 1.24 bits per heavy atom. The van der Waals surface area contributed by atoms with Gasteiger partial charge in [0, 0.05) is 23.8 Å². The van der Waals surface area contributed by atoms with Crippen LogP contribution in [0, 0.1) is 23.5 Å². The molecule has 1 aromatic rings. The average molecular weight is 344 g/mol. The van der Waals surface area contributed by atoms with Crippen LogP contribution in [0.4, 0.5) is 23.2 Å². The summed E-state index contributed by atoms with van der Waals surface area (Å²) in [6.45, 7) is 1.36. The first-order valence-corrected chi connectivity index (χ1v) is 8.92. The molecule has 2 heterocycles. The van der Waals surface area contributed by atoms with Gasteiger partial charge in [-0.25, -0.2) is 8.42 Å². The van der Waals surface area contributed by atoms with Crippen LogP contribution in [-0.4, -0.2) is 42.6 Å². The number of aromatic nitrogens is 1. The summed E-state index contributed by atoms with van der Waals surface area (Å²) >= 11 is 1.29. The summed E-state index contributed by atoms with van der Waals surface area (Å²) in [5.41, 5.74) is -1.01. The standard InChI is InChI=1S/C11H12F4N2O2S2/c1-2-21(18,19)6-5-20-4-3-17(6)9-7(12)10(14)16-11(15)8(9)13/h6H,2-5H2,1H3. The van der Waals surface area contributed by atoms with E-state index < -0.39 is 44.4 Å². The number of sulfone groups is 1. The van der Waals surface area contributed by atoms with Gasteiger partial charge in [0.1, 0.15) is 11.1 Å². The summed E-state index contributed by atoms with van der Waals surface area (Å²) in [4.78, 5) is 3.34. The first kappa shape index (κ1) is 16.3. The lowest BCUT2D eigenvalue weighted by molar-refractivity contribution is 0.405. The molecule has 1 unspecified atom stereocenters. The lowest BCUT2D eigenvalue weighted by atomic mass is 10.3. The van der Waals surface area contributed by atoms with Gasteiger partial charge in [0.2, 0.25) is 11.6 Å². The Morgan fingerprint density at radius 2 is 1.81 bits per heavy atom. The molecule has 0 aromatic carbocycles. The summed E-state index contributed by atoms with van der Waals surface area (Å²) in [6, 6.07) is 0. The van der Waals surface area contributed by atoms with E-state index in [-0.39, 0.29) is 18.1 Å². The van der Waals surface area contributed by atoms with Crippen LogP contribution >= 0.6 is 11.8 Å². The lowest BCUT2D eigenvalue weighted by Crippen LogP contribution is -2.49. The van der Waals surface area contributed by atoms with Gasteiger partial charge in [0.25, 0.3) is 11.9 Å². The minimum absolute atomic E-state index is 0.0364. The molecule has 1 aliphatic rings. The summed E-state index contributed by atoms with van der Waals surface area (Å²) in [6.07, 6.45) is 0. The average Bonchev–Trinajstić information content (AvgIpc) is 2.46. The van der Waals surface area contributed by atoms with Gasteiger partial charge in [-0.05, 0) is 0 Å². The fraction of sp³-hybridized carbons (Fsp3) is 0.545. The fourth-order valence-electron chi connectivity index (χ4n) is 2.05. The first-order valence-electron chi connectivity index (χ1n) is 6.05. The molecule has 0 spiro atoms. The third kappa shape index (κ3) is 2.96. The third-order valence-electron chi connectivity index (χ3n) is 3.16. The van der Waals surface area contributed by atoms with Gasteiger partial charge in [0.05, 0.1) is 0 Å². The molecule has 1 atom stereocenters. The molecule has 2 rings (SSSR count). The molecule has 1 fully saturated rings. The molecule has 118 valence electrons. The van der Waals surface area contributed by atoms with E-state index in [0.717, 1.165) is 4.90 Å². The molecule has 1 aromatic heterocycles. The van der Waals surface area contributed by atoms with Crippen LogP contribution in [0.25, 0.3) is 0 Å². The van der Waals surface area contributed by atoms with Crippen molar-refractivity contribution < 1.29 is 26.0 Å². The predicted octanol–water partition coefficient (Wildman–Crippen LogP) is 1.95. The monoisotopic (exact) mass is 344 g/mol. The first-order chi connectivity index (χ1) is 9.79. The molecule has 4 nitrogen and oxygen atoms in total. The quantitative estimate of drug-likeness (QED) is 0.620. The minimum atomic E-state index is -3.67. The number of pyridine rings is 1. The van der Waals surface area contributed by atoms with Gasteiger partial charge < -0.3 is 4.90 Å². The van der Waals surface area contributed by atoms with Crippen molar-refractivity contribution in [3.05, 3.63) is 23.5 Å². The normalized spacial score (nSPS) is 19.9. The highest BCUT2D eigenvalue weighted by molar-refractivity contribution is 8.01. The molecule has 10 heteroatoms. The van der Waals surface area contributed by atoms with Crippen molar-refractivity contribution in [2.75, 3.05) is 28.7 Å². The molecule has 0 aliphatic carbocycles. The van der Waals surface area contributed by atoms with Gasteiger partial charge in [-0.3, -0.25) is 0 Å². The fourth-order valence-corrected chi connectivity index (χ4v) is 5.03. The second-order valence-corrected chi connectivity index (χ2v) is 7.94. The summed E-state index contributed by atoms with van der Waals surface area (Å²) < 4.78 is 78.1. The Labute approximate surface area is 123 Å². The highest BCUT2D eigenvalue weighted by Gasteiger charge is 2.37. The van der Waals surface area contributed by atoms with Crippen LogP contribution in [0.3, 0.4) is 0 Å². The van der Waals surface area contributed by atoms with E-state index in [9.17, 15) is 26.0 Å². The lowest BCUT2D eigenvalue weighted by Gasteiger charge is -2.36. The van der Waals surface area contributed by atoms with E-state index in [2.05, 4.69) is 4.98 Å². The van der Waals surface area contributed by atoms with Crippen LogP contribution in [0.15, 0.2) is 0 Å². The van der Waals surface area contributed by atoms with Crippen molar-refractivity contribution >= 4 is 27.3 Å². The van der Waals surface area contributed by atoms with E-state index in [1.165, 1.54) is 18.7 Å². The van der Waals surface area contributed by atoms with Gasteiger partial charge >= 0.3 is 0 Å². The number of halogens is 4. The largest absolute Gasteiger partial charge is 0.348 e. The van der Waals surface area contributed by atoms with E-state index in [1.807, 2.05) is 0 Å². The maximum atomic E-state index is 13.8. The molecule has 1 saturated heterocycles. The Kier molecular flexibility index (Phi) is 4.66. The summed E-state index contributed by atoms with van der Waals surface area (Å²) in [7, 11) is -3.67. The maximum absolute atomic E-state index is 13.8. The third-order valence-corrected chi connectivity index (χ3v) is 6.45. The van der Waals surface area contributed by atoms with Crippen molar-refractivity contribution in [2.24, 2.45) is 0 Å². The van der Waals surface area contributed by atoms with Crippen molar-refractivity contribution in [2.45, 2.75) is 12.3 Å². The predicted molar refractivity (Wildman–Crippen MR) is 72.0 cm³/mol. The highest BCUT2D eigenvalue weighted by Crippen LogP contribution is 2.32. The molecular formula is C11H12F4N2O2S2. The van der Waals surface area contributed by atoms with Crippen LogP contribution in [-0.2, 0) is 9.84 Å². The maximum Gasteiger partial charge on any atom is 0.253 e. The van der Waals surface area contributed by atoms with Crippen LogP contribution < -0.4 is 4.90 Å². The van der Waals surface area contributed by atoms with Gasteiger partial charge in [-0.2, -0.15) is 34.3 Å². The number of hydrogen-bond acceptors (Lipinski definition) is 5. The molecule has 0 bridgehead atoms. The van der Waals surface area contributed by atoms with Gasteiger partial charge in [0.15, 0.2) is 9.84 Å². The Hall–Kier alpha value is -1.03. The van der Waals surface area contributed by atoms with Crippen LogP contribution in [0.1, 0.15) is 6.92 Å². The number of rotatable bonds is 3. The summed E-state index contributed by atoms with van der Waals surface area (Å²) in [5.74, 6) is -6.74. The molecule has 0 amide bonds. The molecule has 21 heavy (non-hydrogen) atoms. The van der Waals surface area contributed by atoms with E-state index >= 15 is 0 Å². The Morgan fingerprint density at radius 3 is 2.33 bits per heavy atom. The number of nitrogens with zero attached hydrogens (tertiary/aromatic N) is 2. The van der Waals surface area contributed by atoms with E-state index in [4.69, 9.17) is 0 Å². The zero-order valence-electron chi connectivity index (χ0n) is 10.9. The van der Waals surface area contributed by atoms with Gasteiger partial charge in [-0.15, -0.1) is 0 Å². The molecular weight excluding hydrogens is 332 g/mol. The van der Waals surface area contributed by atoms with Crippen molar-refractivity contribution in [1.82, 2.24) is 4.98 Å². The van der Waals surface area contributed by atoms with E-state index in [0.29, 0.717) is 5.75 Å². The number of anilines is 1. The van der Waals surface area contributed by atoms with Crippen molar-refractivity contribution in [3.8, 4) is 0 Å². The zero-order chi connectivity index (χ0) is 15.8.